The number of carbonyl (C=O) groups excluding carboxylic acids is 1. The smallest absolute Gasteiger partial charge is 0.255 e. The molecule has 5 heteroatoms. The molecule has 1 aromatic rings. The average Bonchev–Trinajstić information content (AvgIpc) is 2.40. The zero-order valence-electron chi connectivity index (χ0n) is 11.9. The molecule has 0 aromatic carbocycles. The van der Waals surface area contributed by atoms with Crippen molar-refractivity contribution >= 4 is 11.6 Å². The number of likely N-dealkylation sites (tertiary alicyclic amines) is 1. The lowest BCUT2D eigenvalue weighted by atomic mass is 10.0. The highest BCUT2D eigenvalue weighted by Crippen LogP contribution is 2.18. The second-order valence-corrected chi connectivity index (χ2v) is 5.38. The monoisotopic (exact) mass is 262 g/mol. The minimum Gasteiger partial charge on any atom is -0.397 e. The van der Waals surface area contributed by atoms with E-state index in [2.05, 4.69) is 16.9 Å². The molecule has 0 radical (unpaired) electrons. The molecule has 0 spiro atoms. The molecule has 1 fully saturated rings. The Morgan fingerprint density at radius 2 is 2.32 bits per heavy atom. The number of rotatable bonds is 2. The number of pyridine rings is 1. The van der Waals surface area contributed by atoms with E-state index < -0.39 is 0 Å². The molecule has 0 bridgehead atoms. The van der Waals surface area contributed by atoms with Crippen LogP contribution in [0.5, 0.6) is 0 Å². The number of aryl methyl sites for hydroxylation is 1. The van der Waals surface area contributed by atoms with Gasteiger partial charge in [0, 0.05) is 19.6 Å². The molecule has 1 atom stereocenters. The number of piperidine rings is 1. The minimum absolute atomic E-state index is 0.0117. The quantitative estimate of drug-likeness (QED) is 0.868. The summed E-state index contributed by atoms with van der Waals surface area (Å²) < 4.78 is 0. The van der Waals surface area contributed by atoms with Gasteiger partial charge >= 0.3 is 0 Å². The van der Waals surface area contributed by atoms with Crippen molar-refractivity contribution in [3.63, 3.8) is 0 Å². The van der Waals surface area contributed by atoms with E-state index in [1.54, 1.807) is 12.3 Å². The molecule has 0 aliphatic carbocycles. The number of hydrogen-bond acceptors (Lipinski definition) is 4. The maximum Gasteiger partial charge on any atom is 0.255 e. The summed E-state index contributed by atoms with van der Waals surface area (Å²) in [6, 6.07) is 1.99. The highest BCUT2D eigenvalue weighted by Gasteiger charge is 2.26. The summed E-state index contributed by atoms with van der Waals surface area (Å²) in [5.74, 6) is 0.0117. The van der Waals surface area contributed by atoms with Gasteiger partial charge < -0.3 is 15.5 Å². The molecule has 1 saturated heterocycles. The third-order valence-electron chi connectivity index (χ3n) is 3.81. The second kappa shape index (κ2) is 5.57. The van der Waals surface area contributed by atoms with Crippen molar-refractivity contribution in [3.8, 4) is 0 Å². The van der Waals surface area contributed by atoms with Crippen molar-refractivity contribution in [3.05, 3.63) is 23.5 Å². The number of carbonyl (C=O) groups is 1. The largest absolute Gasteiger partial charge is 0.397 e. The Morgan fingerprint density at radius 3 is 3.00 bits per heavy atom. The Balaban J connectivity index is 2.16. The lowest BCUT2D eigenvalue weighted by Crippen LogP contribution is -2.47. The summed E-state index contributed by atoms with van der Waals surface area (Å²) in [5.41, 5.74) is 7.59. The van der Waals surface area contributed by atoms with E-state index in [-0.39, 0.29) is 11.9 Å². The normalized spacial score (nSPS) is 20.3. The van der Waals surface area contributed by atoms with Gasteiger partial charge in [-0.25, -0.2) is 0 Å². The van der Waals surface area contributed by atoms with E-state index in [9.17, 15) is 4.79 Å². The predicted octanol–water partition coefficient (Wildman–Crippen LogP) is 1.14. The summed E-state index contributed by atoms with van der Waals surface area (Å²) in [6.07, 6.45) is 3.77. The Hall–Kier alpha value is -1.62. The standard InChI is InChI=1S/C14H22N4O/c1-10-13(7-11(15)8-16-10)14(19)18(3)12-5-4-6-17(2)9-12/h7-8,12H,4-6,9,15H2,1-3H3. The SMILES string of the molecule is Cc1ncc(N)cc1C(=O)N(C)C1CCCN(C)C1. The number of nitrogens with two attached hydrogens (primary N) is 1. The number of hydrogen-bond donors (Lipinski definition) is 1. The number of nitrogen functional groups attached to an aromatic ring is 1. The van der Waals surface area contributed by atoms with Gasteiger partial charge in [0.25, 0.3) is 5.91 Å². The van der Waals surface area contributed by atoms with Crippen LogP contribution in [0.2, 0.25) is 0 Å². The van der Waals surface area contributed by atoms with Crippen LogP contribution in [0.3, 0.4) is 0 Å². The van der Waals surface area contributed by atoms with Gasteiger partial charge in [0.1, 0.15) is 0 Å². The van der Waals surface area contributed by atoms with E-state index >= 15 is 0 Å². The molecule has 104 valence electrons. The van der Waals surface area contributed by atoms with Crippen LogP contribution in [0.15, 0.2) is 12.3 Å². The molecule has 2 heterocycles. The number of amides is 1. The summed E-state index contributed by atoms with van der Waals surface area (Å²) in [7, 11) is 3.96. The fraction of sp³-hybridized carbons (Fsp3) is 0.571. The number of aromatic nitrogens is 1. The maximum atomic E-state index is 12.5. The van der Waals surface area contributed by atoms with Crippen LogP contribution < -0.4 is 5.73 Å². The molecule has 2 rings (SSSR count). The van der Waals surface area contributed by atoms with E-state index in [4.69, 9.17) is 5.73 Å². The van der Waals surface area contributed by atoms with E-state index in [0.717, 1.165) is 31.6 Å². The van der Waals surface area contributed by atoms with Crippen LogP contribution in [-0.2, 0) is 0 Å². The van der Waals surface area contributed by atoms with Gasteiger partial charge in [0.15, 0.2) is 0 Å². The van der Waals surface area contributed by atoms with Gasteiger partial charge in [-0.05, 0) is 39.4 Å². The van der Waals surface area contributed by atoms with Crippen LogP contribution in [0.25, 0.3) is 0 Å². The second-order valence-electron chi connectivity index (χ2n) is 5.38. The van der Waals surface area contributed by atoms with Crippen LogP contribution in [-0.4, -0.2) is 53.9 Å². The predicted molar refractivity (Wildman–Crippen MR) is 76.0 cm³/mol. The van der Waals surface area contributed by atoms with Gasteiger partial charge in [-0.15, -0.1) is 0 Å². The third-order valence-corrected chi connectivity index (χ3v) is 3.81. The third kappa shape index (κ3) is 3.04. The Kier molecular flexibility index (Phi) is 4.04. The van der Waals surface area contributed by atoms with Crippen molar-refractivity contribution in [1.29, 1.82) is 0 Å². The molecular weight excluding hydrogens is 240 g/mol. The van der Waals surface area contributed by atoms with Crippen molar-refractivity contribution in [1.82, 2.24) is 14.8 Å². The molecule has 5 nitrogen and oxygen atoms in total. The van der Waals surface area contributed by atoms with E-state index in [1.165, 1.54) is 0 Å². The molecule has 1 aliphatic heterocycles. The minimum atomic E-state index is 0.0117. The number of nitrogens with zero attached hydrogens (tertiary/aromatic N) is 3. The van der Waals surface area contributed by atoms with Crippen LogP contribution >= 0.6 is 0 Å². The van der Waals surface area contributed by atoms with Crippen LogP contribution in [0, 0.1) is 6.92 Å². The number of anilines is 1. The zero-order valence-corrected chi connectivity index (χ0v) is 11.9. The molecule has 1 aromatic heterocycles. The van der Waals surface area contributed by atoms with Crippen molar-refractivity contribution in [2.24, 2.45) is 0 Å². The Labute approximate surface area is 114 Å². The van der Waals surface area contributed by atoms with Gasteiger partial charge in [-0.3, -0.25) is 9.78 Å². The van der Waals surface area contributed by atoms with Crippen molar-refractivity contribution < 1.29 is 4.79 Å². The lowest BCUT2D eigenvalue weighted by Gasteiger charge is -2.36. The van der Waals surface area contributed by atoms with Crippen molar-refractivity contribution in [2.75, 3.05) is 32.9 Å². The zero-order chi connectivity index (χ0) is 14.0. The Bertz CT molecular complexity index is 475. The van der Waals surface area contributed by atoms with Crippen molar-refractivity contribution in [2.45, 2.75) is 25.8 Å². The summed E-state index contributed by atoms with van der Waals surface area (Å²) in [6.45, 7) is 3.88. The first-order valence-electron chi connectivity index (χ1n) is 6.67. The summed E-state index contributed by atoms with van der Waals surface area (Å²) >= 11 is 0. The number of likely N-dealkylation sites (N-methyl/N-ethyl adjacent to an activating group) is 2. The highest BCUT2D eigenvalue weighted by atomic mass is 16.2. The lowest BCUT2D eigenvalue weighted by molar-refractivity contribution is 0.0643. The van der Waals surface area contributed by atoms with Crippen LogP contribution in [0.1, 0.15) is 28.9 Å². The molecule has 2 N–H and O–H groups in total. The molecule has 19 heavy (non-hydrogen) atoms. The molecule has 1 unspecified atom stereocenters. The fourth-order valence-corrected chi connectivity index (χ4v) is 2.58. The average molecular weight is 262 g/mol. The van der Waals surface area contributed by atoms with Gasteiger partial charge in [0.05, 0.1) is 23.1 Å². The first-order valence-corrected chi connectivity index (χ1v) is 6.67. The van der Waals surface area contributed by atoms with Crippen LogP contribution in [0.4, 0.5) is 5.69 Å². The van der Waals surface area contributed by atoms with Gasteiger partial charge in [-0.2, -0.15) is 0 Å². The maximum absolute atomic E-state index is 12.5. The molecule has 0 saturated carbocycles. The summed E-state index contributed by atoms with van der Waals surface area (Å²) in [4.78, 5) is 20.8. The first-order chi connectivity index (χ1) is 8.99. The summed E-state index contributed by atoms with van der Waals surface area (Å²) in [5, 5.41) is 0. The van der Waals surface area contributed by atoms with Gasteiger partial charge in [-0.1, -0.05) is 0 Å². The fourth-order valence-electron chi connectivity index (χ4n) is 2.58. The molecule has 1 aliphatic rings. The van der Waals surface area contributed by atoms with E-state index in [1.807, 2.05) is 18.9 Å². The molecular formula is C14H22N4O. The van der Waals surface area contributed by atoms with Gasteiger partial charge in [0.2, 0.25) is 0 Å². The molecule has 1 amide bonds. The Morgan fingerprint density at radius 1 is 1.58 bits per heavy atom. The highest BCUT2D eigenvalue weighted by molar-refractivity contribution is 5.96. The van der Waals surface area contributed by atoms with E-state index in [0.29, 0.717) is 11.3 Å². The topological polar surface area (TPSA) is 62.5 Å². The first kappa shape index (κ1) is 13.8.